The fourth-order valence-corrected chi connectivity index (χ4v) is 1.91. The second-order valence-electron chi connectivity index (χ2n) is 4.70. The van der Waals surface area contributed by atoms with Gasteiger partial charge < -0.3 is 20.3 Å². The van der Waals surface area contributed by atoms with Crippen molar-refractivity contribution in [1.82, 2.24) is 15.3 Å². The zero-order valence-electron chi connectivity index (χ0n) is 12.1. The van der Waals surface area contributed by atoms with Crippen LogP contribution >= 0.6 is 0 Å². The van der Waals surface area contributed by atoms with Gasteiger partial charge >= 0.3 is 0 Å². The van der Waals surface area contributed by atoms with Crippen LogP contribution in [0, 0.1) is 6.92 Å². The molecule has 0 saturated heterocycles. The number of benzene rings is 1. The lowest BCUT2D eigenvalue weighted by atomic mass is 10.2. The van der Waals surface area contributed by atoms with Crippen LogP contribution in [0.2, 0.25) is 0 Å². The Balaban J connectivity index is 2.19. The predicted octanol–water partition coefficient (Wildman–Crippen LogP) is 1.60. The van der Waals surface area contributed by atoms with E-state index in [2.05, 4.69) is 15.3 Å². The van der Waals surface area contributed by atoms with E-state index in [0.717, 1.165) is 17.9 Å². The lowest BCUT2D eigenvalue weighted by molar-refractivity contribution is 0.199. The molecule has 0 aliphatic rings. The second-order valence-corrected chi connectivity index (χ2v) is 4.70. The van der Waals surface area contributed by atoms with Crippen molar-refractivity contribution in [2.45, 2.75) is 13.5 Å². The van der Waals surface area contributed by atoms with Crippen molar-refractivity contribution >= 4 is 0 Å². The van der Waals surface area contributed by atoms with Gasteiger partial charge in [0, 0.05) is 31.5 Å². The molecular formula is C15H19N3O3. The van der Waals surface area contributed by atoms with Gasteiger partial charge in [-0.2, -0.15) is 0 Å². The van der Waals surface area contributed by atoms with Gasteiger partial charge in [-0.3, -0.25) is 0 Å². The fraction of sp³-hybridized carbons (Fsp3) is 0.333. The van der Waals surface area contributed by atoms with E-state index in [1.165, 1.54) is 12.1 Å². The van der Waals surface area contributed by atoms with E-state index in [1.807, 2.05) is 13.0 Å². The number of phenolic OH excluding ortho intramolecular Hbond substituents is 2. The first-order chi connectivity index (χ1) is 10.1. The number of nitrogens with zero attached hydrogens (tertiary/aromatic N) is 2. The highest BCUT2D eigenvalue weighted by molar-refractivity contribution is 5.60. The van der Waals surface area contributed by atoms with Crippen LogP contribution in [0.5, 0.6) is 11.5 Å². The molecule has 112 valence electrons. The standard InChI is InChI=1S/C15H19N3O3/c1-10-7-12(9-16-5-6-21-2)18-15(17-10)11-3-4-13(19)14(20)8-11/h3-4,7-8,16,19-20H,5-6,9H2,1-2H3. The molecule has 6 heteroatoms. The van der Waals surface area contributed by atoms with Crippen LogP contribution in [-0.4, -0.2) is 40.4 Å². The zero-order chi connectivity index (χ0) is 15.2. The summed E-state index contributed by atoms with van der Waals surface area (Å²) in [5.41, 5.74) is 2.37. The second kappa shape index (κ2) is 7.01. The van der Waals surface area contributed by atoms with Crippen molar-refractivity contribution in [2.24, 2.45) is 0 Å². The van der Waals surface area contributed by atoms with Gasteiger partial charge in [0.15, 0.2) is 17.3 Å². The molecule has 6 nitrogen and oxygen atoms in total. The van der Waals surface area contributed by atoms with Crippen molar-refractivity contribution in [2.75, 3.05) is 20.3 Å². The number of methoxy groups -OCH3 is 1. The van der Waals surface area contributed by atoms with Gasteiger partial charge in [-0.1, -0.05) is 0 Å². The first kappa shape index (κ1) is 15.2. The van der Waals surface area contributed by atoms with Crippen LogP contribution in [-0.2, 0) is 11.3 Å². The number of aromatic nitrogens is 2. The molecule has 0 unspecified atom stereocenters. The summed E-state index contributed by atoms with van der Waals surface area (Å²) in [6.45, 7) is 3.89. The summed E-state index contributed by atoms with van der Waals surface area (Å²) in [4.78, 5) is 8.83. The van der Waals surface area contributed by atoms with E-state index in [9.17, 15) is 10.2 Å². The molecule has 2 aromatic rings. The Morgan fingerprint density at radius 3 is 2.67 bits per heavy atom. The van der Waals surface area contributed by atoms with Crippen LogP contribution < -0.4 is 5.32 Å². The van der Waals surface area contributed by atoms with Crippen LogP contribution in [0.4, 0.5) is 0 Å². The highest BCUT2D eigenvalue weighted by atomic mass is 16.5. The Morgan fingerprint density at radius 1 is 1.14 bits per heavy atom. The lowest BCUT2D eigenvalue weighted by Crippen LogP contribution is -2.19. The summed E-state index contributed by atoms with van der Waals surface area (Å²) in [7, 11) is 1.66. The average Bonchev–Trinajstić information content (AvgIpc) is 2.46. The summed E-state index contributed by atoms with van der Waals surface area (Å²) in [6, 6.07) is 6.45. The Kier molecular flexibility index (Phi) is 5.08. The van der Waals surface area contributed by atoms with Gasteiger partial charge in [-0.15, -0.1) is 0 Å². The molecule has 0 amide bonds. The van der Waals surface area contributed by atoms with E-state index in [-0.39, 0.29) is 11.5 Å². The lowest BCUT2D eigenvalue weighted by Gasteiger charge is -2.08. The van der Waals surface area contributed by atoms with Gasteiger partial charge in [-0.05, 0) is 31.2 Å². The monoisotopic (exact) mass is 289 g/mol. The number of aryl methyl sites for hydroxylation is 1. The fourth-order valence-electron chi connectivity index (χ4n) is 1.91. The van der Waals surface area contributed by atoms with Crippen molar-refractivity contribution in [1.29, 1.82) is 0 Å². The van der Waals surface area contributed by atoms with E-state index in [1.54, 1.807) is 13.2 Å². The minimum atomic E-state index is -0.183. The molecule has 0 radical (unpaired) electrons. The summed E-state index contributed by atoms with van der Waals surface area (Å²) in [6.07, 6.45) is 0. The number of hydrogen-bond acceptors (Lipinski definition) is 6. The minimum absolute atomic E-state index is 0.159. The van der Waals surface area contributed by atoms with Crippen molar-refractivity contribution in [3.8, 4) is 22.9 Å². The number of nitrogens with one attached hydrogen (secondary N) is 1. The average molecular weight is 289 g/mol. The first-order valence-electron chi connectivity index (χ1n) is 6.66. The molecule has 1 aromatic carbocycles. The third-order valence-electron chi connectivity index (χ3n) is 2.93. The van der Waals surface area contributed by atoms with Crippen molar-refractivity contribution in [3.05, 3.63) is 35.7 Å². The molecule has 21 heavy (non-hydrogen) atoms. The Bertz CT molecular complexity index is 617. The van der Waals surface area contributed by atoms with Crippen LogP contribution in [0.1, 0.15) is 11.4 Å². The van der Waals surface area contributed by atoms with Crippen LogP contribution in [0.15, 0.2) is 24.3 Å². The topological polar surface area (TPSA) is 87.5 Å². The minimum Gasteiger partial charge on any atom is -0.504 e. The molecule has 3 N–H and O–H groups in total. The third-order valence-corrected chi connectivity index (χ3v) is 2.93. The molecule has 0 aliphatic carbocycles. The van der Waals surface area contributed by atoms with E-state index in [0.29, 0.717) is 24.5 Å². The maximum absolute atomic E-state index is 9.57. The summed E-state index contributed by atoms with van der Waals surface area (Å²) in [5, 5.41) is 22.1. The van der Waals surface area contributed by atoms with Crippen molar-refractivity contribution < 1.29 is 14.9 Å². The molecule has 2 rings (SSSR count). The number of aromatic hydroxyl groups is 2. The highest BCUT2D eigenvalue weighted by Gasteiger charge is 2.08. The van der Waals surface area contributed by atoms with Crippen molar-refractivity contribution in [3.63, 3.8) is 0 Å². The van der Waals surface area contributed by atoms with Crippen LogP contribution in [0.3, 0.4) is 0 Å². The van der Waals surface area contributed by atoms with E-state index in [4.69, 9.17) is 4.74 Å². The molecule has 1 heterocycles. The number of ether oxygens (including phenoxy) is 1. The maximum atomic E-state index is 9.57. The number of rotatable bonds is 6. The highest BCUT2D eigenvalue weighted by Crippen LogP contribution is 2.29. The smallest absolute Gasteiger partial charge is 0.159 e. The quantitative estimate of drug-likeness (QED) is 0.553. The maximum Gasteiger partial charge on any atom is 0.159 e. The first-order valence-corrected chi connectivity index (χ1v) is 6.66. The summed E-state index contributed by atoms with van der Waals surface area (Å²) >= 11 is 0. The van der Waals surface area contributed by atoms with Gasteiger partial charge in [0.1, 0.15) is 0 Å². The summed E-state index contributed by atoms with van der Waals surface area (Å²) < 4.78 is 4.97. The molecule has 0 spiro atoms. The molecule has 0 saturated carbocycles. The normalized spacial score (nSPS) is 10.8. The third kappa shape index (κ3) is 4.14. The molecule has 0 fully saturated rings. The molecular weight excluding hydrogens is 270 g/mol. The Labute approximate surface area is 123 Å². The summed E-state index contributed by atoms with van der Waals surface area (Å²) in [5.74, 6) is 0.180. The number of phenols is 2. The molecule has 0 bridgehead atoms. The largest absolute Gasteiger partial charge is 0.504 e. The van der Waals surface area contributed by atoms with Crippen LogP contribution in [0.25, 0.3) is 11.4 Å². The van der Waals surface area contributed by atoms with E-state index >= 15 is 0 Å². The van der Waals surface area contributed by atoms with Gasteiger partial charge in [0.2, 0.25) is 0 Å². The predicted molar refractivity (Wildman–Crippen MR) is 79.1 cm³/mol. The zero-order valence-corrected chi connectivity index (χ0v) is 12.1. The Hall–Kier alpha value is -2.18. The van der Waals surface area contributed by atoms with Gasteiger partial charge in [-0.25, -0.2) is 9.97 Å². The van der Waals surface area contributed by atoms with Gasteiger partial charge in [0.05, 0.1) is 12.3 Å². The number of hydrogen-bond donors (Lipinski definition) is 3. The molecule has 0 aliphatic heterocycles. The molecule has 1 aromatic heterocycles. The Morgan fingerprint density at radius 2 is 1.95 bits per heavy atom. The van der Waals surface area contributed by atoms with E-state index < -0.39 is 0 Å². The SMILES string of the molecule is COCCNCc1cc(C)nc(-c2ccc(O)c(O)c2)n1. The van der Waals surface area contributed by atoms with Gasteiger partial charge in [0.25, 0.3) is 0 Å². The molecule has 0 atom stereocenters.